The molecule has 2 aromatic carbocycles. The van der Waals surface area contributed by atoms with Gasteiger partial charge in [0, 0.05) is 23.1 Å². The first-order chi connectivity index (χ1) is 15.0. The number of anilines is 1. The molecule has 6 nitrogen and oxygen atoms in total. The quantitative estimate of drug-likeness (QED) is 0.623. The second kappa shape index (κ2) is 8.89. The minimum absolute atomic E-state index is 0.206. The molecular weight excluding hydrogens is 412 g/mol. The van der Waals surface area contributed by atoms with Crippen molar-refractivity contribution >= 4 is 23.4 Å². The Labute approximate surface area is 185 Å². The Bertz CT molecular complexity index is 1170. The average Bonchev–Trinajstić information content (AvgIpc) is 3.21. The summed E-state index contributed by atoms with van der Waals surface area (Å²) in [4.78, 5) is 25.8. The summed E-state index contributed by atoms with van der Waals surface area (Å²) in [6.45, 7) is 4.24. The predicted molar refractivity (Wildman–Crippen MR) is 122 cm³/mol. The Morgan fingerprint density at radius 1 is 1.16 bits per heavy atom. The number of hydrogen-bond acceptors (Lipinski definition) is 5. The fourth-order valence-corrected chi connectivity index (χ4v) is 4.91. The van der Waals surface area contributed by atoms with Gasteiger partial charge in [0.05, 0.1) is 7.11 Å². The number of carbonyl (C=O) groups is 1. The minimum atomic E-state index is -0.601. The summed E-state index contributed by atoms with van der Waals surface area (Å²) in [5.41, 5.74) is 3.32. The lowest BCUT2D eigenvalue weighted by Gasteiger charge is -2.18. The zero-order valence-electron chi connectivity index (χ0n) is 17.7. The molecule has 4 rings (SSSR count). The molecule has 0 radical (unpaired) electrons. The van der Waals surface area contributed by atoms with Gasteiger partial charge in [0.25, 0.3) is 5.56 Å². The largest absolute Gasteiger partial charge is 0.494 e. The van der Waals surface area contributed by atoms with E-state index in [1.807, 2.05) is 62.4 Å². The number of pyridine rings is 1. The zero-order chi connectivity index (χ0) is 22.0. The van der Waals surface area contributed by atoms with Gasteiger partial charge in [-0.15, -0.1) is 11.8 Å². The monoisotopic (exact) mass is 436 g/mol. The standard InChI is InChI=1S/C24H24N2O4S/c1-15-8-7-11-20(16(15)2)30-13-17-12-21(27)26-19(14-31-24(26)22(17)29-3)23(28)25-18-9-5-4-6-10-18/h4-12,19H,13-14H2,1-3H3,(H,25,28)/t19-/m0/s1. The number of aromatic nitrogens is 1. The van der Waals surface area contributed by atoms with Crippen molar-refractivity contribution in [3.05, 3.63) is 81.6 Å². The lowest BCUT2D eigenvalue weighted by molar-refractivity contribution is -0.118. The molecule has 160 valence electrons. The fourth-order valence-electron chi connectivity index (χ4n) is 3.60. The summed E-state index contributed by atoms with van der Waals surface area (Å²) in [6, 6.07) is 16.0. The van der Waals surface area contributed by atoms with Crippen LogP contribution in [0, 0.1) is 13.8 Å². The summed E-state index contributed by atoms with van der Waals surface area (Å²) in [6.07, 6.45) is 0. The van der Waals surface area contributed by atoms with Crippen molar-refractivity contribution in [1.82, 2.24) is 4.57 Å². The molecule has 2 heterocycles. The first-order valence-electron chi connectivity index (χ1n) is 9.99. The molecule has 0 saturated heterocycles. The van der Waals surface area contributed by atoms with Crippen molar-refractivity contribution in [1.29, 1.82) is 0 Å². The maximum absolute atomic E-state index is 13.0. The van der Waals surface area contributed by atoms with E-state index in [4.69, 9.17) is 9.47 Å². The maximum atomic E-state index is 13.0. The number of aryl methyl sites for hydroxylation is 1. The number of fused-ring (bicyclic) bond motifs is 1. The molecule has 0 unspecified atom stereocenters. The molecule has 1 N–H and O–H groups in total. The fraction of sp³-hybridized carbons (Fsp3) is 0.250. The molecule has 0 spiro atoms. The number of nitrogens with one attached hydrogen (secondary N) is 1. The first-order valence-corrected chi connectivity index (χ1v) is 11.0. The highest BCUT2D eigenvalue weighted by Crippen LogP contribution is 2.40. The third kappa shape index (κ3) is 4.18. The lowest BCUT2D eigenvalue weighted by Crippen LogP contribution is -2.32. The number of nitrogens with zero attached hydrogens (tertiary/aromatic N) is 1. The van der Waals surface area contributed by atoms with E-state index >= 15 is 0 Å². The van der Waals surface area contributed by atoms with Gasteiger partial charge in [-0.05, 0) is 43.2 Å². The van der Waals surface area contributed by atoms with E-state index in [0.29, 0.717) is 27.8 Å². The molecule has 1 aliphatic heterocycles. The van der Waals surface area contributed by atoms with E-state index in [0.717, 1.165) is 16.9 Å². The molecule has 0 aliphatic carbocycles. The van der Waals surface area contributed by atoms with Crippen molar-refractivity contribution < 1.29 is 14.3 Å². The van der Waals surface area contributed by atoms with Crippen molar-refractivity contribution in [3.63, 3.8) is 0 Å². The van der Waals surface area contributed by atoms with Crippen LogP contribution in [-0.2, 0) is 11.4 Å². The minimum Gasteiger partial charge on any atom is -0.494 e. The summed E-state index contributed by atoms with van der Waals surface area (Å²) in [7, 11) is 1.57. The molecule has 1 amide bonds. The van der Waals surface area contributed by atoms with Gasteiger partial charge in [-0.2, -0.15) is 0 Å². The van der Waals surface area contributed by atoms with Gasteiger partial charge in [0.15, 0.2) is 5.75 Å². The van der Waals surface area contributed by atoms with Crippen molar-refractivity contribution in [2.45, 2.75) is 31.5 Å². The van der Waals surface area contributed by atoms with Crippen molar-refractivity contribution in [2.75, 3.05) is 18.2 Å². The van der Waals surface area contributed by atoms with Crippen LogP contribution in [0.5, 0.6) is 11.5 Å². The maximum Gasteiger partial charge on any atom is 0.252 e. The zero-order valence-corrected chi connectivity index (χ0v) is 18.5. The number of rotatable bonds is 6. The molecular formula is C24H24N2O4S. The van der Waals surface area contributed by atoms with Gasteiger partial charge in [0.2, 0.25) is 5.91 Å². The molecule has 1 aromatic heterocycles. The van der Waals surface area contributed by atoms with E-state index in [1.165, 1.54) is 22.4 Å². The SMILES string of the molecule is COc1c(COc2cccc(C)c2C)cc(=O)n2c1SC[C@H]2C(=O)Nc1ccccc1. The van der Waals surface area contributed by atoms with Gasteiger partial charge in [-0.25, -0.2) is 0 Å². The number of methoxy groups -OCH3 is 1. The third-order valence-corrected chi connectivity index (χ3v) is 6.55. The summed E-state index contributed by atoms with van der Waals surface area (Å²) in [5, 5.41) is 3.54. The Morgan fingerprint density at radius 3 is 2.68 bits per heavy atom. The molecule has 31 heavy (non-hydrogen) atoms. The number of benzene rings is 2. The van der Waals surface area contributed by atoms with Crippen LogP contribution in [0.2, 0.25) is 0 Å². The topological polar surface area (TPSA) is 69.6 Å². The Morgan fingerprint density at radius 2 is 1.94 bits per heavy atom. The second-order valence-electron chi connectivity index (χ2n) is 7.39. The molecule has 0 fully saturated rings. The van der Waals surface area contributed by atoms with Crippen LogP contribution >= 0.6 is 11.8 Å². The van der Waals surface area contributed by atoms with Crippen LogP contribution in [0.4, 0.5) is 5.69 Å². The van der Waals surface area contributed by atoms with Crippen LogP contribution in [0.3, 0.4) is 0 Å². The van der Waals surface area contributed by atoms with Gasteiger partial charge in [-0.1, -0.05) is 30.3 Å². The molecule has 7 heteroatoms. The van der Waals surface area contributed by atoms with E-state index in [9.17, 15) is 9.59 Å². The van der Waals surface area contributed by atoms with E-state index in [1.54, 1.807) is 7.11 Å². The van der Waals surface area contributed by atoms with Gasteiger partial charge in [0.1, 0.15) is 23.4 Å². The van der Waals surface area contributed by atoms with Crippen LogP contribution in [0.15, 0.2) is 64.4 Å². The molecule has 0 bridgehead atoms. The number of ether oxygens (including phenoxy) is 2. The normalized spacial score (nSPS) is 14.7. The number of thioether (sulfide) groups is 1. The number of hydrogen-bond donors (Lipinski definition) is 1. The van der Waals surface area contributed by atoms with Crippen LogP contribution in [0.1, 0.15) is 22.7 Å². The third-order valence-electron chi connectivity index (χ3n) is 5.42. The molecule has 0 saturated carbocycles. The average molecular weight is 437 g/mol. The summed E-state index contributed by atoms with van der Waals surface area (Å²) in [5.74, 6) is 1.59. The Balaban J connectivity index is 1.60. The number of carbonyl (C=O) groups excluding carboxylic acids is 1. The first kappa shape index (κ1) is 21.1. The molecule has 1 atom stereocenters. The van der Waals surface area contributed by atoms with Gasteiger partial charge < -0.3 is 14.8 Å². The Kier molecular flexibility index (Phi) is 6.04. The summed E-state index contributed by atoms with van der Waals surface area (Å²) >= 11 is 1.44. The van der Waals surface area contributed by atoms with Crippen LogP contribution in [-0.4, -0.2) is 23.3 Å². The smallest absolute Gasteiger partial charge is 0.252 e. The Hall–Kier alpha value is -3.19. The van der Waals surface area contributed by atoms with Crippen molar-refractivity contribution in [3.8, 4) is 11.5 Å². The highest BCUT2D eigenvalue weighted by molar-refractivity contribution is 7.99. The summed E-state index contributed by atoms with van der Waals surface area (Å²) < 4.78 is 13.2. The van der Waals surface area contributed by atoms with Crippen LogP contribution < -0.4 is 20.3 Å². The molecule has 3 aromatic rings. The second-order valence-corrected chi connectivity index (χ2v) is 8.39. The van der Waals surface area contributed by atoms with Crippen molar-refractivity contribution in [2.24, 2.45) is 0 Å². The van der Waals surface area contributed by atoms with Gasteiger partial charge in [-0.3, -0.25) is 14.2 Å². The molecule has 1 aliphatic rings. The predicted octanol–water partition coefficient (Wildman–Crippen LogP) is 4.34. The van der Waals surface area contributed by atoms with E-state index in [-0.39, 0.29) is 18.1 Å². The highest BCUT2D eigenvalue weighted by Gasteiger charge is 2.33. The van der Waals surface area contributed by atoms with E-state index < -0.39 is 6.04 Å². The number of amides is 1. The van der Waals surface area contributed by atoms with Gasteiger partial charge >= 0.3 is 0 Å². The highest BCUT2D eigenvalue weighted by atomic mass is 32.2. The lowest BCUT2D eigenvalue weighted by atomic mass is 10.1. The van der Waals surface area contributed by atoms with E-state index in [2.05, 4.69) is 5.32 Å². The van der Waals surface area contributed by atoms with Crippen LogP contribution in [0.25, 0.3) is 0 Å². The number of para-hydroxylation sites is 1.